The molecule has 0 N–H and O–H groups in total. The van der Waals surface area contributed by atoms with Gasteiger partial charge < -0.3 is 4.42 Å². The highest BCUT2D eigenvalue weighted by molar-refractivity contribution is 5.86. The number of hydrogen-bond donors (Lipinski definition) is 0. The molecule has 1 heterocycles. The predicted molar refractivity (Wildman–Crippen MR) is 84.6 cm³/mol. The second-order valence-corrected chi connectivity index (χ2v) is 7.57. The largest absolute Gasteiger partial charge is 0.422 e. The Balaban J connectivity index is 3.00. The van der Waals surface area contributed by atoms with E-state index in [0.717, 1.165) is 16.5 Å². The van der Waals surface area contributed by atoms with E-state index >= 15 is 0 Å². The van der Waals surface area contributed by atoms with Crippen LogP contribution in [0.5, 0.6) is 0 Å². The van der Waals surface area contributed by atoms with Crippen LogP contribution in [0.1, 0.15) is 58.2 Å². The summed E-state index contributed by atoms with van der Waals surface area (Å²) in [6.07, 6.45) is 0. The minimum absolute atomic E-state index is 0.0132. The van der Waals surface area contributed by atoms with Gasteiger partial charge in [-0.3, -0.25) is 0 Å². The maximum Gasteiger partial charge on any atom is 0.340 e. The molecular formula is C18H24O2. The first kappa shape index (κ1) is 14.8. The lowest BCUT2D eigenvalue weighted by Gasteiger charge is -2.25. The van der Waals surface area contributed by atoms with Crippen LogP contribution in [-0.4, -0.2) is 0 Å². The highest BCUT2D eigenvalue weighted by Crippen LogP contribution is 2.34. The van der Waals surface area contributed by atoms with Gasteiger partial charge in [0.2, 0.25) is 0 Å². The Morgan fingerprint density at radius 3 is 2.05 bits per heavy atom. The fraction of sp³-hybridized carbons (Fsp3) is 0.500. The van der Waals surface area contributed by atoms with E-state index in [9.17, 15) is 4.79 Å². The van der Waals surface area contributed by atoms with Crippen molar-refractivity contribution in [2.75, 3.05) is 0 Å². The zero-order chi connectivity index (χ0) is 15.3. The fourth-order valence-corrected chi connectivity index (χ4v) is 2.93. The Morgan fingerprint density at radius 2 is 1.55 bits per heavy atom. The summed E-state index contributed by atoms with van der Waals surface area (Å²) in [6.45, 7) is 14.7. The molecule has 2 nitrogen and oxygen atoms in total. The lowest BCUT2D eigenvalue weighted by Crippen LogP contribution is -2.24. The molecular weight excluding hydrogens is 248 g/mol. The van der Waals surface area contributed by atoms with Gasteiger partial charge in [-0.05, 0) is 34.9 Å². The second kappa shape index (κ2) is 4.47. The number of fused-ring (bicyclic) bond motifs is 1. The molecule has 0 aliphatic rings. The highest BCUT2D eigenvalue weighted by atomic mass is 16.4. The molecule has 0 fully saturated rings. The molecule has 1 aromatic heterocycles. The molecule has 2 rings (SSSR count). The van der Waals surface area contributed by atoms with E-state index in [-0.39, 0.29) is 16.5 Å². The normalized spacial score (nSPS) is 12.9. The molecule has 108 valence electrons. The van der Waals surface area contributed by atoms with Crippen molar-refractivity contribution in [2.45, 2.75) is 59.3 Å². The van der Waals surface area contributed by atoms with E-state index < -0.39 is 0 Å². The molecule has 1 aromatic carbocycles. The van der Waals surface area contributed by atoms with E-state index in [2.05, 4.69) is 47.6 Å². The summed E-state index contributed by atoms with van der Waals surface area (Å²) in [4.78, 5) is 12.3. The first-order valence-electron chi connectivity index (χ1n) is 7.11. The first-order valence-corrected chi connectivity index (χ1v) is 7.11. The summed E-state index contributed by atoms with van der Waals surface area (Å²) in [5, 5.41) is 1.09. The van der Waals surface area contributed by atoms with Crippen LogP contribution in [-0.2, 0) is 10.8 Å². The van der Waals surface area contributed by atoms with Gasteiger partial charge in [0.25, 0.3) is 0 Å². The Bertz CT molecular complexity index is 707. The Kier molecular flexibility index (Phi) is 3.32. The molecule has 0 saturated heterocycles. The van der Waals surface area contributed by atoms with Gasteiger partial charge >= 0.3 is 5.63 Å². The molecule has 2 aromatic rings. The Hall–Kier alpha value is -1.57. The van der Waals surface area contributed by atoms with Gasteiger partial charge in [-0.25, -0.2) is 4.79 Å². The van der Waals surface area contributed by atoms with E-state index in [1.54, 1.807) is 0 Å². The SMILES string of the molecule is Cc1c(C(C)(C)C)c(=O)oc2cccc(C(C)(C)C)c12. The van der Waals surface area contributed by atoms with Crippen LogP contribution in [0, 0.1) is 6.92 Å². The van der Waals surface area contributed by atoms with Crippen LogP contribution in [0.4, 0.5) is 0 Å². The molecule has 20 heavy (non-hydrogen) atoms. The Morgan fingerprint density at radius 1 is 0.950 bits per heavy atom. The standard InChI is InChI=1S/C18H24O2/c1-11-14-12(17(2,3)4)9-8-10-13(14)20-16(19)15(11)18(5,6)7/h8-10H,1-7H3. The van der Waals surface area contributed by atoms with Crippen molar-refractivity contribution in [2.24, 2.45) is 0 Å². The van der Waals surface area contributed by atoms with Crippen molar-refractivity contribution in [1.82, 2.24) is 0 Å². The molecule has 0 aliphatic heterocycles. The quantitative estimate of drug-likeness (QED) is 0.651. The average molecular weight is 272 g/mol. The van der Waals surface area contributed by atoms with Crippen molar-refractivity contribution in [3.63, 3.8) is 0 Å². The minimum Gasteiger partial charge on any atom is -0.422 e. The van der Waals surface area contributed by atoms with Crippen molar-refractivity contribution in [3.8, 4) is 0 Å². The number of hydrogen-bond acceptors (Lipinski definition) is 2. The van der Waals surface area contributed by atoms with E-state index in [4.69, 9.17) is 4.42 Å². The van der Waals surface area contributed by atoms with Gasteiger partial charge in [0, 0.05) is 10.9 Å². The molecule has 0 radical (unpaired) electrons. The van der Waals surface area contributed by atoms with Crippen LogP contribution < -0.4 is 5.63 Å². The van der Waals surface area contributed by atoms with Gasteiger partial charge in [0.05, 0.1) is 0 Å². The summed E-state index contributed by atoms with van der Waals surface area (Å²) in [6, 6.07) is 5.97. The van der Waals surface area contributed by atoms with E-state index in [1.165, 1.54) is 5.56 Å². The summed E-state index contributed by atoms with van der Waals surface area (Å²) in [7, 11) is 0. The number of benzene rings is 1. The van der Waals surface area contributed by atoms with Crippen LogP contribution in [0.25, 0.3) is 11.0 Å². The molecule has 0 spiro atoms. The minimum atomic E-state index is -0.218. The molecule has 0 saturated carbocycles. The maximum atomic E-state index is 12.3. The van der Waals surface area contributed by atoms with Crippen molar-refractivity contribution in [1.29, 1.82) is 0 Å². The summed E-state index contributed by atoms with van der Waals surface area (Å²) < 4.78 is 5.58. The molecule has 0 unspecified atom stereocenters. The van der Waals surface area contributed by atoms with Gasteiger partial charge in [-0.1, -0.05) is 53.7 Å². The maximum absolute atomic E-state index is 12.3. The molecule has 0 amide bonds. The van der Waals surface area contributed by atoms with Crippen LogP contribution in [0.15, 0.2) is 27.4 Å². The Labute approximate surface area is 120 Å². The van der Waals surface area contributed by atoms with Gasteiger partial charge in [0.1, 0.15) is 5.58 Å². The lowest BCUT2D eigenvalue weighted by molar-refractivity contribution is 0.497. The van der Waals surface area contributed by atoms with Gasteiger partial charge in [-0.15, -0.1) is 0 Å². The van der Waals surface area contributed by atoms with Gasteiger partial charge in [-0.2, -0.15) is 0 Å². The molecule has 0 aliphatic carbocycles. The summed E-state index contributed by atoms with van der Waals surface area (Å²) >= 11 is 0. The van der Waals surface area contributed by atoms with Crippen molar-refractivity contribution in [3.05, 3.63) is 45.3 Å². The zero-order valence-electron chi connectivity index (χ0n) is 13.5. The topological polar surface area (TPSA) is 30.2 Å². The number of aryl methyl sites for hydroxylation is 1. The number of rotatable bonds is 0. The third kappa shape index (κ3) is 2.39. The van der Waals surface area contributed by atoms with Crippen LogP contribution in [0.3, 0.4) is 0 Å². The second-order valence-electron chi connectivity index (χ2n) is 7.57. The molecule has 0 bridgehead atoms. The predicted octanol–water partition coefficient (Wildman–Crippen LogP) is 4.70. The summed E-state index contributed by atoms with van der Waals surface area (Å²) in [5.74, 6) is 0. The van der Waals surface area contributed by atoms with E-state index in [0.29, 0.717) is 5.58 Å². The fourth-order valence-electron chi connectivity index (χ4n) is 2.93. The monoisotopic (exact) mass is 272 g/mol. The molecule has 0 atom stereocenters. The smallest absolute Gasteiger partial charge is 0.340 e. The summed E-state index contributed by atoms with van der Waals surface area (Å²) in [5.41, 5.74) is 3.32. The zero-order valence-corrected chi connectivity index (χ0v) is 13.5. The van der Waals surface area contributed by atoms with Gasteiger partial charge in [0.15, 0.2) is 0 Å². The van der Waals surface area contributed by atoms with Crippen molar-refractivity contribution >= 4 is 11.0 Å². The lowest BCUT2D eigenvalue weighted by atomic mass is 9.79. The van der Waals surface area contributed by atoms with E-state index in [1.807, 2.05) is 19.1 Å². The highest BCUT2D eigenvalue weighted by Gasteiger charge is 2.26. The molecule has 2 heteroatoms. The third-order valence-corrected chi connectivity index (χ3v) is 3.74. The van der Waals surface area contributed by atoms with Crippen LogP contribution >= 0.6 is 0 Å². The van der Waals surface area contributed by atoms with Crippen LogP contribution in [0.2, 0.25) is 0 Å². The van der Waals surface area contributed by atoms with Crippen molar-refractivity contribution < 1.29 is 4.42 Å². The first-order chi connectivity index (χ1) is 9.03. The average Bonchev–Trinajstić information content (AvgIpc) is 2.24. The third-order valence-electron chi connectivity index (χ3n) is 3.74.